The summed E-state index contributed by atoms with van der Waals surface area (Å²) >= 11 is 2.09. The van der Waals surface area contributed by atoms with Crippen LogP contribution in [0.5, 0.6) is 0 Å². The molecule has 1 saturated heterocycles. The monoisotopic (exact) mass is 223 g/mol. The van der Waals surface area contributed by atoms with E-state index in [0.29, 0.717) is 5.41 Å². The van der Waals surface area contributed by atoms with E-state index in [4.69, 9.17) is 0 Å². The third-order valence-corrected chi connectivity index (χ3v) is 4.95. The summed E-state index contributed by atoms with van der Waals surface area (Å²) in [5.74, 6) is 2.58. The van der Waals surface area contributed by atoms with Crippen molar-refractivity contribution < 1.29 is 0 Å². The highest BCUT2D eigenvalue weighted by atomic mass is 32.2. The quantitative estimate of drug-likeness (QED) is 0.719. The molecule has 1 aromatic heterocycles. The Kier molecular flexibility index (Phi) is 2.29. The van der Waals surface area contributed by atoms with Crippen LogP contribution in [0.2, 0.25) is 0 Å². The van der Waals surface area contributed by atoms with Gasteiger partial charge in [0, 0.05) is 36.9 Å². The number of rotatable bonds is 0. The molecule has 4 heteroatoms. The van der Waals surface area contributed by atoms with Crippen molar-refractivity contribution in [2.75, 3.05) is 18.1 Å². The Labute approximate surface area is 94.6 Å². The standard InChI is InChI=1S/C11H17N3S/c1-14-10-9(6-13-14)5-12-7-11(10)3-2-4-15-8-11/h6,12H,2-5,7-8H2,1H3. The second-order valence-electron chi connectivity index (χ2n) is 4.68. The minimum atomic E-state index is 0.363. The number of nitrogens with one attached hydrogen (secondary N) is 1. The largest absolute Gasteiger partial charge is 0.312 e. The van der Waals surface area contributed by atoms with Crippen LogP contribution in [-0.2, 0) is 19.0 Å². The number of nitrogens with zero attached hydrogens (tertiary/aromatic N) is 2. The van der Waals surface area contributed by atoms with E-state index < -0.39 is 0 Å². The van der Waals surface area contributed by atoms with Crippen molar-refractivity contribution in [3.05, 3.63) is 17.5 Å². The molecule has 2 aliphatic rings. The molecular weight excluding hydrogens is 206 g/mol. The summed E-state index contributed by atoms with van der Waals surface area (Å²) in [6.07, 6.45) is 4.69. The molecule has 2 aliphatic heterocycles. The van der Waals surface area contributed by atoms with Gasteiger partial charge in [-0.1, -0.05) is 0 Å². The smallest absolute Gasteiger partial charge is 0.0537 e. The molecule has 3 nitrogen and oxygen atoms in total. The first kappa shape index (κ1) is 9.73. The topological polar surface area (TPSA) is 29.9 Å². The summed E-state index contributed by atoms with van der Waals surface area (Å²) in [4.78, 5) is 0. The molecule has 0 aromatic carbocycles. The lowest BCUT2D eigenvalue weighted by Crippen LogP contribution is -2.47. The van der Waals surface area contributed by atoms with E-state index in [1.807, 2.05) is 6.20 Å². The van der Waals surface area contributed by atoms with Gasteiger partial charge in [-0.15, -0.1) is 0 Å². The predicted octanol–water partition coefficient (Wildman–Crippen LogP) is 1.29. The highest BCUT2D eigenvalue weighted by molar-refractivity contribution is 7.99. The molecule has 0 aliphatic carbocycles. The molecule has 0 saturated carbocycles. The van der Waals surface area contributed by atoms with Crippen LogP contribution < -0.4 is 5.32 Å². The van der Waals surface area contributed by atoms with E-state index in [1.54, 1.807) is 0 Å². The first-order valence-electron chi connectivity index (χ1n) is 5.62. The Morgan fingerprint density at radius 3 is 3.33 bits per heavy atom. The summed E-state index contributed by atoms with van der Waals surface area (Å²) < 4.78 is 2.10. The lowest BCUT2D eigenvalue weighted by atomic mass is 9.77. The molecule has 1 spiro atoms. The van der Waals surface area contributed by atoms with Crippen LogP contribution in [0.25, 0.3) is 0 Å². The minimum Gasteiger partial charge on any atom is -0.312 e. The van der Waals surface area contributed by atoms with Crippen LogP contribution in [0.3, 0.4) is 0 Å². The van der Waals surface area contributed by atoms with Gasteiger partial charge in [0.05, 0.1) is 11.9 Å². The predicted molar refractivity (Wildman–Crippen MR) is 63.2 cm³/mol. The molecule has 3 rings (SSSR count). The third-order valence-electron chi connectivity index (χ3n) is 3.62. The van der Waals surface area contributed by atoms with Crippen molar-refractivity contribution in [2.24, 2.45) is 7.05 Å². The Bertz CT molecular complexity index is 366. The molecule has 82 valence electrons. The van der Waals surface area contributed by atoms with Crippen LogP contribution >= 0.6 is 11.8 Å². The van der Waals surface area contributed by atoms with Gasteiger partial charge in [0.2, 0.25) is 0 Å². The maximum absolute atomic E-state index is 4.42. The van der Waals surface area contributed by atoms with Crippen LogP contribution in [0.15, 0.2) is 6.20 Å². The normalized spacial score (nSPS) is 30.5. The van der Waals surface area contributed by atoms with Gasteiger partial charge in [0.15, 0.2) is 0 Å². The summed E-state index contributed by atoms with van der Waals surface area (Å²) in [5.41, 5.74) is 3.27. The maximum Gasteiger partial charge on any atom is 0.0537 e. The first-order valence-corrected chi connectivity index (χ1v) is 6.77. The van der Waals surface area contributed by atoms with E-state index in [2.05, 4.69) is 33.9 Å². The Morgan fingerprint density at radius 2 is 2.53 bits per heavy atom. The number of thioether (sulfide) groups is 1. The fourth-order valence-electron chi connectivity index (χ4n) is 2.99. The van der Waals surface area contributed by atoms with Gasteiger partial charge >= 0.3 is 0 Å². The molecular formula is C11H17N3S. The number of aryl methyl sites for hydroxylation is 1. The van der Waals surface area contributed by atoms with Crippen LogP contribution in [0.4, 0.5) is 0 Å². The number of aromatic nitrogens is 2. The Hall–Kier alpha value is -0.480. The summed E-state index contributed by atoms with van der Waals surface area (Å²) in [6.45, 7) is 2.13. The molecule has 0 radical (unpaired) electrons. The lowest BCUT2D eigenvalue weighted by Gasteiger charge is -2.40. The van der Waals surface area contributed by atoms with Gasteiger partial charge in [-0.2, -0.15) is 16.9 Å². The first-order chi connectivity index (χ1) is 7.32. The molecule has 1 N–H and O–H groups in total. The van der Waals surface area contributed by atoms with E-state index in [9.17, 15) is 0 Å². The molecule has 3 heterocycles. The van der Waals surface area contributed by atoms with Crippen molar-refractivity contribution >= 4 is 11.8 Å². The Morgan fingerprint density at radius 1 is 1.60 bits per heavy atom. The number of fused-ring (bicyclic) bond motifs is 2. The maximum atomic E-state index is 4.42. The summed E-state index contributed by atoms with van der Waals surface area (Å²) in [5, 5.41) is 7.96. The second kappa shape index (κ2) is 3.52. The molecule has 1 aromatic rings. The highest BCUT2D eigenvalue weighted by Crippen LogP contribution is 2.40. The molecule has 0 bridgehead atoms. The van der Waals surface area contributed by atoms with Gasteiger partial charge in [0.25, 0.3) is 0 Å². The summed E-state index contributed by atoms with van der Waals surface area (Å²) in [7, 11) is 2.09. The van der Waals surface area contributed by atoms with Gasteiger partial charge in [-0.25, -0.2) is 0 Å². The number of hydrogen-bond acceptors (Lipinski definition) is 3. The molecule has 0 amide bonds. The van der Waals surface area contributed by atoms with Crippen molar-refractivity contribution in [1.29, 1.82) is 0 Å². The van der Waals surface area contributed by atoms with Crippen molar-refractivity contribution in [2.45, 2.75) is 24.8 Å². The van der Waals surface area contributed by atoms with Crippen molar-refractivity contribution in [3.8, 4) is 0 Å². The molecule has 1 unspecified atom stereocenters. The van der Waals surface area contributed by atoms with Crippen LogP contribution in [-0.4, -0.2) is 27.8 Å². The van der Waals surface area contributed by atoms with Gasteiger partial charge in [-0.3, -0.25) is 4.68 Å². The molecule has 1 fully saturated rings. The van der Waals surface area contributed by atoms with E-state index >= 15 is 0 Å². The van der Waals surface area contributed by atoms with E-state index in [-0.39, 0.29) is 0 Å². The zero-order valence-corrected chi connectivity index (χ0v) is 9.94. The second-order valence-corrected chi connectivity index (χ2v) is 5.79. The lowest BCUT2D eigenvalue weighted by molar-refractivity contribution is 0.349. The van der Waals surface area contributed by atoms with E-state index in [0.717, 1.165) is 13.1 Å². The highest BCUT2D eigenvalue weighted by Gasteiger charge is 2.40. The fraction of sp³-hybridized carbons (Fsp3) is 0.727. The fourth-order valence-corrected chi connectivity index (χ4v) is 4.26. The number of hydrogen-bond donors (Lipinski definition) is 1. The van der Waals surface area contributed by atoms with Gasteiger partial charge in [0.1, 0.15) is 0 Å². The van der Waals surface area contributed by atoms with Crippen molar-refractivity contribution in [3.63, 3.8) is 0 Å². The molecule has 1 atom stereocenters. The zero-order valence-electron chi connectivity index (χ0n) is 9.12. The average Bonchev–Trinajstić information content (AvgIpc) is 2.63. The molecule has 15 heavy (non-hydrogen) atoms. The van der Waals surface area contributed by atoms with Crippen molar-refractivity contribution in [1.82, 2.24) is 15.1 Å². The summed E-state index contributed by atoms with van der Waals surface area (Å²) in [6, 6.07) is 0. The SMILES string of the molecule is Cn1ncc2c1C1(CCCSC1)CNC2. The van der Waals surface area contributed by atoms with Gasteiger partial charge < -0.3 is 5.32 Å². The third kappa shape index (κ3) is 1.42. The Balaban J connectivity index is 2.06. The average molecular weight is 223 g/mol. The zero-order chi connectivity index (χ0) is 10.3. The minimum absolute atomic E-state index is 0.363. The van der Waals surface area contributed by atoms with Crippen LogP contribution in [0.1, 0.15) is 24.1 Å². The van der Waals surface area contributed by atoms with E-state index in [1.165, 1.54) is 35.6 Å². The van der Waals surface area contributed by atoms with Crippen LogP contribution in [0, 0.1) is 0 Å². The van der Waals surface area contributed by atoms with Gasteiger partial charge in [-0.05, 0) is 18.6 Å².